The van der Waals surface area contributed by atoms with E-state index in [1.54, 1.807) is 24.3 Å². The topological polar surface area (TPSA) is 56.1 Å². The van der Waals surface area contributed by atoms with Gasteiger partial charge in [-0.15, -0.1) is 0 Å². The number of amides is 1. The summed E-state index contributed by atoms with van der Waals surface area (Å²) in [5.74, 6) is 0.482. The highest BCUT2D eigenvalue weighted by Gasteiger charge is 2.17. The summed E-state index contributed by atoms with van der Waals surface area (Å²) in [5.41, 5.74) is 1.08. The monoisotopic (exact) mass is 257 g/mol. The fraction of sp³-hybridized carbons (Fsp3) is 0.467. The van der Waals surface area contributed by atoms with Gasteiger partial charge >= 0.3 is 0 Å². The normalized spacial score (nSPS) is 16.8. The van der Waals surface area contributed by atoms with Crippen LogP contribution in [-0.4, -0.2) is 37.5 Å². The Hall–Kier alpha value is -1.86. The first-order valence-electron chi connectivity index (χ1n) is 6.66. The zero-order valence-electron chi connectivity index (χ0n) is 11.2. The first-order chi connectivity index (χ1) is 9.19. The van der Waals surface area contributed by atoms with Crippen LogP contribution in [0, 0.1) is 17.2 Å². The first-order valence-corrected chi connectivity index (χ1v) is 6.66. The second-order valence-corrected chi connectivity index (χ2v) is 5.15. The number of benzene rings is 1. The molecule has 0 bridgehead atoms. The third-order valence-corrected chi connectivity index (χ3v) is 3.64. The Morgan fingerprint density at radius 3 is 2.89 bits per heavy atom. The van der Waals surface area contributed by atoms with Crippen molar-refractivity contribution in [2.45, 2.75) is 12.8 Å². The molecule has 1 saturated heterocycles. The number of nitrogens with one attached hydrogen (secondary N) is 1. The lowest BCUT2D eigenvalue weighted by Gasteiger charge is -2.28. The summed E-state index contributed by atoms with van der Waals surface area (Å²) in [6, 6.07) is 8.86. The van der Waals surface area contributed by atoms with Crippen molar-refractivity contribution >= 4 is 5.91 Å². The SMILES string of the molecule is CN1CCC(CNC(=O)c2cccc(C#N)c2)CC1. The number of hydrogen-bond acceptors (Lipinski definition) is 3. The van der Waals surface area contributed by atoms with Crippen LogP contribution in [0.5, 0.6) is 0 Å². The van der Waals surface area contributed by atoms with Crippen LogP contribution in [0.2, 0.25) is 0 Å². The number of piperidine rings is 1. The van der Waals surface area contributed by atoms with Gasteiger partial charge in [0, 0.05) is 12.1 Å². The molecule has 4 nitrogen and oxygen atoms in total. The molecule has 0 spiro atoms. The second-order valence-electron chi connectivity index (χ2n) is 5.15. The number of carbonyl (C=O) groups excluding carboxylic acids is 1. The van der Waals surface area contributed by atoms with Gasteiger partial charge in [0.2, 0.25) is 0 Å². The molecule has 1 aliphatic heterocycles. The summed E-state index contributed by atoms with van der Waals surface area (Å²) in [6.45, 7) is 2.93. The molecule has 0 atom stereocenters. The minimum Gasteiger partial charge on any atom is -0.352 e. The average molecular weight is 257 g/mol. The minimum absolute atomic E-state index is 0.0870. The summed E-state index contributed by atoms with van der Waals surface area (Å²) in [4.78, 5) is 14.3. The van der Waals surface area contributed by atoms with E-state index in [4.69, 9.17) is 5.26 Å². The molecule has 0 saturated carbocycles. The van der Waals surface area contributed by atoms with Crippen LogP contribution in [0.25, 0.3) is 0 Å². The Kier molecular flexibility index (Phi) is 4.53. The Labute approximate surface area is 114 Å². The van der Waals surface area contributed by atoms with Crippen molar-refractivity contribution in [3.05, 3.63) is 35.4 Å². The van der Waals surface area contributed by atoms with Crippen LogP contribution in [0.1, 0.15) is 28.8 Å². The predicted octanol–water partition coefficient (Wildman–Crippen LogP) is 1.63. The molecule has 1 aromatic carbocycles. The van der Waals surface area contributed by atoms with Crippen molar-refractivity contribution in [1.29, 1.82) is 5.26 Å². The molecule has 0 unspecified atom stereocenters. The Bertz CT molecular complexity index is 484. The van der Waals surface area contributed by atoms with E-state index < -0.39 is 0 Å². The van der Waals surface area contributed by atoms with Crippen molar-refractivity contribution in [3.8, 4) is 6.07 Å². The van der Waals surface area contributed by atoms with E-state index in [0.717, 1.165) is 32.5 Å². The molecule has 19 heavy (non-hydrogen) atoms. The van der Waals surface area contributed by atoms with Gasteiger partial charge in [0.15, 0.2) is 0 Å². The molecule has 1 heterocycles. The van der Waals surface area contributed by atoms with Crippen molar-refractivity contribution in [2.24, 2.45) is 5.92 Å². The number of hydrogen-bond donors (Lipinski definition) is 1. The lowest BCUT2D eigenvalue weighted by molar-refractivity contribution is 0.0939. The Balaban J connectivity index is 1.85. The van der Waals surface area contributed by atoms with Gasteiger partial charge in [-0.1, -0.05) is 6.07 Å². The van der Waals surface area contributed by atoms with E-state index >= 15 is 0 Å². The van der Waals surface area contributed by atoms with Crippen molar-refractivity contribution < 1.29 is 4.79 Å². The number of nitriles is 1. The number of carbonyl (C=O) groups is 1. The van der Waals surface area contributed by atoms with Crippen LogP contribution < -0.4 is 5.32 Å². The zero-order valence-corrected chi connectivity index (χ0v) is 11.2. The van der Waals surface area contributed by atoms with Gasteiger partial charge < -0.3 is 10.2 Å². The van der Waals surface area contributed by atoms with Crippen molar-refractivity contribution in [3.63, 3.8) is 0 Å². The van der Waals surface area contributed by atoms with Gasteiger partial charge in [0.25, 0.3) is 5.91 Å². The van der Waals surface area contributed by atoms with E-state index in [0.29, 0.717) is 17.0 Å². The van der Waals surface area contributed by atoms with Gasteiger partial charge in [-0.3, -0.25) is 4.79 Å². The highest BCUT2D eigenvalue weighted by Crippen LogP contribution is 2.15. The molecule has 0 aromatic heterocycles. The molecule has 1 aliphatic rings. The Morgan fingerprint density at radius 2 is 2.21 bits per heavy atom. The highest BCUT2D eigenvalue weighted by atomic mass is 16.1. The molecule has 1 fully saturated rings. The second kappa shape index (κ2) is 6.35. The maximum atomic E-state index is 12.0. The summed E-state index contributed by atoms with van der Waals surface area (Å²) in [7, 11) is 2.13. The molecule has 0 radical (unpaired) electrons. The molecule has 100 valence electrons. The number of likely N-dealkylation sites (tertiary alicyclic amines) is 1. The number of nitrogens with zero attached hydrogens (tertiary/aromatic N) is 2. The third kappa shape index (κ3) is 3.80. The third-order valence-electron chi connectivity index (χ3n) is 3.64. The molecular formula is C15H19N3O. The lowest BCUT2D eigenvalue weighted by Crippen LogP contribution is -2.36. The van der Waals surface area contributed by atoms with Gasteiger partial charge in [0.1, 0.15) is 0 Å². The molecule has 2 rings (SSSR count). The zero-order chi connectivity index (χ0) is 13.7. The summed E-state index contributed by atoms with van der Waals surface area (Å²) in [6.07, 6.45) is 2.27. The van der Waals surface area contributed by atoms with Gasteiger partial charge in [-0.25, -0.2) is 0 Å². The van der Waals surface area contributed by atoms with E-state index in [-0.39, 0.29) is 5.91 Å². The van der Waals surface area contributed by atoms with Crippen LogP contribution in [-0.2, 0) is 0 Å². The van der Waals surface area contributed by atoms with E-state index in [1.807, 2.05) is 6.07 Å². The van der Waals surface area contributed by atoms with Crippen molar-refractivity contribution in [2.75, 3.05) is 26.7 Å². The Morgan fingerprint density at radius 1 is 1.47 bits per heavy atom. The molecular weight excluding hydrogens is 238 g/mol. The molecule has 4 heteroatoms. The summed E-state index contributed by atoms with van der Waals surface area (Å²) >= 11 is 0. The average Bonchev–Trinajstić information content (AvgIpc) is 2.46. The quantitative estimate of drug-likeness (QED) is 0.895. The van der Waals surface area contributed by atoms with E-state index in [2.05, 4.69) is 17.3 Å². The first kappa shape index (κ1) is 13.6. The lowest BCUT2D eigenvalue weighted by atomic mass is 9.97. The van der Waals surface area contributed by atoms with E-state index in [9.17, 15) is 4.79 Å². The van der Waals surface area contributed by atoms with Crippen molar-refractivity contribution in [1.82, 2.24) is 10.2 Å². The van der Waals surface area contributed by atoms with Crippen LogP contribution in [0.4, 0.5) is 0 Å². The van der Waals surface area contributed by atoms with Gasteiger partial charge in [0.05, 0.1) is 11.6 Å². The van der Waals surface area contributed by atoms with E-state index in [1.165, 1.54) is 0 Å². The van der Waals surface area contributed by atoms with Gasteiger partial charge in [-0.05, 0) is 57.1 Å². The smallest absolute Gasteiger partial charge is 0.251 e. The standard InChI is InChI=1S/C15H19N3O/c1-18-7-5-12(6-8-18)11-17-15(19)14-4-2-3-13(9-14)10-16/h2-4,9,12H,5-8,11H2,1H3,(H,17,19). The molecule has 1 amide bonds. The molecule has 0 aliphatic carbocycles. The fourth-order valence-electron chi connectivity index (χ4n) is 2.34. The van der Waals surface area contributed by atoms with Crippen LogP contribution in [0.15, 0.2) is 24.3 Å². The number of rotatable bonds is 3. The summed E-state index contributed by atoms with van der Waals surface area (Å²) in [5, 5.41) is 11.8. The maximum Gasteiger partial charge on any atom is 0.251 e. The fourth-order valence-corrected chi connectivity index (χ4v) is 2.34. The van der Waals surface area contributed by atoms with Gasteiger partial charge in [-0.2, -0.15) is 5.26 Å². The predicted molar refractivity (Wildman–Crippen MR) is 73.7 cm³/mol. The minimum atomic E-state index is -0.0870. The maximum absolute atomic E-state index is 12.0. The van der Waals surface area contributed by atoms with Crippen LogP contribution in [0.3, 0.4) is 0 Å². The highest BCUT2D eigenvalue weighted by molar-refractivity contribution is 5.94. The van der Waals surface area contributed by atoms with Crippen LogP contribution >= 0.6 is 0 Å². The molecule has 1 aromatic rings. The largest absolute Gasteiger partial charge is 0.352 e. The molecule has 1 N–H and O–H groups in total. The summed E-state index contributed by atoms with van der Waals surface area (Å²) < 4.78 is 0.